The lowest BCUT2D eigenvalue weighted by molar-refractivity contribution is -0.226. The van der Waals surface area contributed by atoms with Crippen LogP contribution >= 0.6 is 0 Å². The van der Waals surface area contributed by atoms with Crippen LogP contribution in [0.25, 0.3) is 5.57 Å². The molecule has 45 heavy (non-hydrogen) atoms. The predicted molar refractivity (Wildman–Crippen MR) is 182 cm³/mol. The van der Waals surface area contributed by atoms with Gasteiger partial charge in [0.05, 0.1) is 5.56 Å². The van der Waals surface area contributed by atoms with Crippen molar-refractivity contribution in [1.82, 2.24) is 4.90 Å². The molecule has 1 aliphatic heterocycles. The molecular formula is C41H57NO3. The molecule has 1 aromatic carbocycles. The third kappa shape index (κ3) is 4.28. The van der Waals surface area contributed by atoms with Crippen molar-refractivity contribution in [3.63, 3.8) is 0 Å². The quantitative estimate of drug-likeness (QED) is 0.337. The molecule has 5 aliphatic carbocycles. The van der Waals surface area contributed by atoms with Crippen molar-refractivity contribution >= 4 is 17.4 Å². The lowest BCUT2D eigenvalue weighted by Crippen LogP contribution is -2.66. The van der Waals surface area contributed by atoms with Crippen LogP contribution in [-0.2, 0) is 4.79 Å². The number of allylic oxidation sites excluding steroid dienone is 3. The topological polar surface area (TPSA) is 57.6 Å². The Kier molecular flexibility index (Phi) is 7.17. The molecule has 0 radical (unpaired) electrons. The third-order valence-electron chi connectivity index (χ3n) is 15.9. The first kappa shape index (κ1) is 31.3. The number of aromatic carboxylic acids is 1. The number of hydrogen-bond donors (Lipinski definition) is 1. The monoisotopic (exact) mass is 611 g/mol. The highest BCUT2D eigenvalue weighted by atomic mass is 16.4. The minimum atomic E-state index is -0.863. The van der Waals surface area contributed by atoms with Gasteiger partial charge in [0.1, 0.15) is 0 Å². The molecule has 244 valence electrons. The Morgan fingerprint density at radius 1 is 0.933 bits per heavy atom. The smallest absolute Gasteiger partial charge is 0.335 e. The molecular weight excluding hydrogens is 554 g/mol. The van der Waals surface area contributed by atoms with E-state index < -0.39 is 5.97 Å². The van der Waals surface area contributed by atoms with Gasteiger partial charge in [-0.1, -0.05) is 65.0 Å². The molecule has 4 saturated carbocycles. The number of carbonyl (C=O) groups excluding carboxylic acids is 1. The van der Waals surface area contributed by atoms with Gasteiger partial charge >= 0.3 is 5.97 Å². The zero-order chi connectivity index (χ0) is 32.2. The minimum absolute atomic E-state index is 0.0251. The van der Waals surface area contributed by atoms with Gasteiger partial charge in [0.15, 0.2) is 0 Å². The van der Waals surface area contributed by atoms with Crippen LogP contribution in [-0.4, -0.2) is 35.0 Å². The summed E-state index contributed by atoms with van der Waals surface area (Å²) in [5, 5.41) is 9.46. The molecule has 1 amide bonds. The van der Waals surface area contributed by atoms with Gasteiger partial charge in [-0.3, -0.25) is 4.79 Å². The van der Waals surface area contributed by atoms with Crippen molar-refractivity contribution in [3.8, 4) is 0 Å². The molecule has 0 unspecified atom stereocenters. The van der Waals surface area contributed by atoms with E-state index >= 15 is 0 Å². The van der Waals surface area contributed by atoms with E-state index in [0.29, 0.717) is 51.9 Å². The molecule has 5 fully saturated rings. The summed E-state index contributed by atoms with van der Waals surface area (Å²) in [4.78, 5) is 26.7. The van der Waals surface area contributed by atoms with Crippen molar-refractivity contribution in [3.05, 3.63) is 53.6 Å². The van der Waals surface area contributed by atoms with Crippen molar-refractivity contribution < 1.29 is 14.7 Å². The maximum Gasteiger partial charge on any atom is 0.335 e. The van der Waals surface area contributed by atoms with Gasteiger partial charge in [0.25, 0.3) is 0 Å². The van der Waals surface area contributed by atoms with Gasteiger partial charge in [-0.2, -0.15) is 0 Å². The van der Waals surface area contributed by atoms with E-state index in [1.807, 2.05) is 12.1 Å². The summed E-state index contributed by atoms with van der Waals surface area (Å²) in [7, 11) is 0. The van der Waals surface area contributed by atoms with Crippen LogP contribution in [0.4, 0.5) is 0 Å². The number of rotatable bonds is 5. The lowest BCUT2D eigenvalue weighted by atomic mass is 9.32. The molecule has 1 heterocycles. The first-order chi connectivity index (χ1) is 21.2. The van der Waals surface area contributed by atoms with Crippen LogP contribution in [0.15, 0.2) is 42.5 Å². The van der Waals surface area contributed by atoms with E-state index in [0.717, 1.165) is 32.4 Å². The van der Waals surface area contributed by atoms with E-state index in [4.69, 9.17) is 0 Å². The third-order valence-corrected chi connectivity index (χ3v) is 15.9. The zero-order valence-corrected chi connectivity index (χ0v) is 28.9. The largest absolute Gasteiger partial charge is 0.478 e. The van der Waals surface area contributed by atoms with Crippen molar-refractivity contribution in [2.75, 3.05) is 13.1 Å². The van der Waals surface area contributed by atoms with E-state index in [2.05, 4.69) is 59.1 Å². The van der Waals surface area contributed by atoms with Gasteiger partial charge in [-0.15, -0.1) is 0 Å². The number of carboxylic acid groups (broad SMARTS) is 1. The maximum absolute atomic E-state index is 12.9. The second-order valence-corrected chi connectivity index (χ2v) is 17.9. The molecule has 0 spiro atoms. The number of carboxylic acids is 1. The lowest BCUT2D eigenvalue weighted by Gasteiger charge is -2.72. The second kappa shape index (κ2) is 10.3. The van der Waals surface area contributed by atoms with Crippen molar-refractivity contribution in [1.29, 1.82) is 0 Å². The molecule has 1 N–H and O–H groups in total. The average molecular weight is 612 g/mol. The molecule has 9 atom stereocenters. The van der Waals surface area contributed by atoms with Crippen LogP contribution in [0.3, 0.4) is 0 Å². The Morgan fingerprint density at radius 2 is 1.67 bits per heavy atom. The fourth-order valence-corrected chi connectivity index (χ4v) is 13.7. The first-order valence-corrected chi connectivity index (χ1v) is 18.2. The van der Waals surface area contributed by atoms with Crippen LogP contribution in [0, 0.1) is 56.7 Å². The van der Waals surface area contributed by atoms with E-state index in [1.54, 1.807) is 12.1 Å². The summed E-state index contributed by atoms with van der Waals surface area (Å²) in [6.07, 6.45) is 15.7. The van der Waals surface area contributed by atoms with Gasteiger partial charge < -0.3 is 10.0 Å². The summed E-state index contributed by atoms with van der Waals surface area (Å²) in [5.74, 6) is 2.75. The van der Waals surface area contributed by atoms with Crippen LogP contribution in [0.2, 0.25) is 0 Å². The summed E-state index contributed by atoms with van der Waals surface area (Å²) in [5.41, 5.74) is 5.45. The fourth-order valence-electron chi connectivity index (χ4n) is 13.7. The average Bonchev–Trinajstić information content (AvgIpc) is 3.56. The van der Waals surface area contributed by atoms with Gasteiger partial charge in [-0.25, -0.2) is 4.79 Å². The molecule has 4 nitrogen and oxygen atoms in total. The second-order valence-electron chi connectivity index (χ2n) is 17.9. The minimum Gasteiger partial charge on any atom is -0.478 e. The van der Waals surface area contributed by atoms with Crippen LogP contribution in [0.1, 0.15) is 128 Å². The van der Waals surface area contributed by atoms with Gasteiger partial charge in [0.2, 0.25) is 5.91 Å². The molecule has 1 saturated heterocycles. The summed E-state index contributed by atoms with van der Waals surface area (Å²) < 4.78 is 0. The highest BCUT2D eigenvalue weighted by molar-refractivity contribution is 5.88. The normalized spacial score (nSPS) is 43.5. The van der Waals surface area contributed by atoms with Crippen LogP contribution < -0.4 is 0 Å². The Hall–Kier alpha value is -2.36. The Bertz CT molecular complexity index is 1440. The molecule has 0 aromatic heterocycles. The first-order valence-electron chi connectivity index (χ1n) is 18.2. The maximum atomic E-state index is 12.9. The number of fused-ring (bicyclic) bond motifs is 7. The number of likely N-dealkylation sites (tertiary alicyclic amines) is 1. The van der Waals surface area contributed by atoms with E-state index in [1.165, 1.54) is 68.1 Å². The summed E-state index contributed by atoms with van der Waals surface area (Å²) >= 11 is 0. The Balaban J connectivity index is 1.22. The molecule has 6 aliphatic rings. The standard InChI is InChI=1S/C41H57NO3/c1-26(2)29-16-21-41(25-42-24-8-9-34(42)43)23-22-39(6)31(35(29)41)14-15-33-38(5)19-17-30(27-10-12-28(13-11-27)36(44)45)37(3,4)32(38)18-20-40(33,39)7/h10-13,17,29,31-33,35H,1,8-9,14-16,18-25H2,2-7H3,(H,44,45)/t29-,31+,32-,33+,35+,38-,39+,40+,41+/m0/s1. The molecule has 7 rings (SSSR count). The van der Waals surface area contributed by atoms with Gasteiger partial charge in [0, 0.05) is 19.5 Å². The van der Waals surface area contributed by atoms with Crippen molar-refractivity contribution in [2.24, 2.45) is 56.7 Å². The SMILES string of the molecule is C=C(C)[C@@H]1CC[C@]2(CN3CCCC3=O)CC[C@]3(C)[C@H](CC[C@@H]4[C@@]5(C)CC=C(c6ccc(C(=O)O)cc6)C(C)(C)[C@@H]5CC[C@]43C)[C@@H]12. The van der Waals surface area contributed by atoms with E-state index in [9.17, 15) is 14.7 Å². The number of amides is 1. The summed E-state index contributed by atoms with van der Waals surface area (Å²) in [6, 6.07) is 7.60. The molecule has 0 bridgehead atoms. The Labute approximate surface area is 272 Å². The Morgan fingerprint density at radius 3 is 2.31 bits per heavy atom. The highest BCUT2D eigenvalue weighted by Crippen LogP contribution is 2.77. The molecule has 4 heteroatoms. The van der Waals surface area contributed by atoms with Crippen molar-refractivity contribution in [2.45, 2.75) is 112 Å². The van der Waals surface area contributed by atoms with Crippen LogP contribution in [0.5, 0.6) is 0 Å². The number of hydrogen-bond acceptors (Lipinski definition) is 2. The predicted octanol–water partition coefficient (Wildman–Crippen LogP) is 9.66. The van der Waals surface area contributed by atoms with E-state index in [-0.39, 0.29) is 16.2 Å². The fraction of sp³-hybridized carbons (Fsp3) is 0.707. The highest BCUT2D eigenvalue weighted by Gasteiger charge is 2.70. The number of benzene rings is 1. The number of carbonyl (C=O) groups is 2. The summed E-state index contributed by atoms with van der Waals surface area (Å²) in [6.45, 7) is 21.8. The van der Waals surface area contributed by atoms with Gasteiger partial charge in [-0.05, 0) is 151 Å². The number of nitrogens with zero attached hydrogens (tertiary/aromatic N) is 1. The molecule has 1 aromatic rings. The zero-order valence-electron chi connectivity index (χ0n) is 28.9.